The van der Waals surface area contributed by atoms with Gasteiger partial charge in [0.05, 0.1) is 0 Å². The second kappa shape index (κ2) is 3.81. The van der Waals surface area contributed by atoms with Crippen LogP contribution in [0.5, 0.6) is 0 Å². The van der Waals surface area contributed by atoms with Gasteiger partial charge in [0.2, 0.25) is 0 Å². The summed E-state index contributed by atoms with van der Waals surface area (Å²) >= 11 is -0.514. The normalized spacial score (nSPS) is 10.5. The predicted molar refractivity (Wildman–Crippen MR) is 20.0 cm³/mol. The monoisotopic (exact) mass is 142 g/mol. The van der Waals surface area contributed by atoms with Gasteiger partial charge in [0, 0.05) is 0 Å². The molecule has 1 unspecified atom stereocenters. The first-order valence-electron chi connectivity index (χ1n) is 0.801. The Morgan fingerprint density at radius 1 is 2.00 bits per heavy atom. The first kappa shape index (κ1) is 4.81. The second-order valence-electron chi connectivity index (χ2n) is 0.281. The fourth-order valence-corrected chi connectivity index (χ4v) is 0. The van der Waals surface area contributed by atoms with E-state index >= 15 is 0 Å². The zero-order valence-electron chi connectivity index (χ0n) is 2.29. The van der Waals surface area contributed by atoms with Crippen LogP contribution in [0.3, 0.4) is 0 Å². The van der Waals surface area contributed by atoms with Crippen LogP contribution >= 0.6 is 9.95 Å². The average molecular weight is 142 g/mol. The van der Waals surface area contributed by atoms with Crippen molar-refractivity contribution in [2.45, 2.75) is 0 Å². The van der Waals surface area contributed by atoms with Crippen molar-refractivity contribution in [1.82, 2.24) is 0 Å². The van der Waals surface area contributed by atoms with Crippen molar-refractivity contribution in [2.24, 2.45) is 0 Å². The predicted octanol–water partition coefficient (Wildman–Crippen LogP) is 0.138. The summed E-state index contributed by atoms with van der Waals surface area (Å²) in [7, 11) is 6.69. The Morgan fingerprint density at radius 3 is 2.25 bits per heavy atom. The van der Waals surface area contributed by atoms with E-state index in [1.807, 2.05) is 0 Å². The van der Waals surface area contributed by atoms with Crippen LogP contribution < -0.4 is 0 Å². The van der Waals surface area contributed by atoms with Crippen LogP contribution in [-0.4, -0.2) is 22.3 Å². The molecular weight excluding hydrogens is 138 g/mol. The summed E-state index contributed by atoms with van der Waals surface area (Å²) in [6.07, 6.45) is 0. The minimum absolute atomic E-state index is 0.514. The molecule has 0 saturated carbocycles. The van der Waals surface area contributed by atoms with Gasteiger partial charge < -0.3 is 0 Å². The summed E-state index contributed by atoms with van der Waals surface area (Å²) in [6, 6.07) is 0. The van der Waals surface area contributed by atoms with Gasteiger partial charge in [0.15, 0.2) is 0 Å². The summed E-state index contributed by atoms with van der Waals surface area (Å²) in [5.74, 6) is 0. The third kappa shape index (κ3) is 2.81. The first-order chi connectivity index (χ1) is 1.91. The van der Waals surface area contributed by atoms with Crippen molar-refractivity contribution in [3.05, 3.63) is 0 Å². The average Bonchev–Trinajstić information content (AvgIpc) is 1.37. The molecule has 0 fully saturated rings. The molecule has 0 rings (SSSR count). The van der Waals surface area contributed by atoms with E-state index in [9.17, 15) is 0 Å². The summed E-state index contributed by atoms with van der Waals surface area (Å²) in [5, 5.41) is 0. The second-order valence-corrected chi connectivity index (χ2v) is 2.26. The van der Waals surface area contributed by atoms with Crippen LogP contribution in [0, 0.1) is 0 Å². The fourth-order valence-electron chi connectivity index (χ4n) is 0. The van der Waals surface area contributed by atoms with Gasteiger partial charge in [-0.2, -0.15) is 0 Å². The Hall–Kier alpha value is 0.808. The summed E-state index contributed by atoms with van der Waals surface area (Å²) in [6.45, 7) is 0. The molecule has 1 nitrogen and oxygen atoms in total. The molecule has 0 N–H and O–H groups in total. The van der Waals surface area contributed by atoms with Gasteiger partial charge in [-0.15, -0.1) is 0 Å². The van der Waals surface area contributed by atoms with Crippen molar-refractivity contribution < 1.29 is 3.73 Å². The molecule has 0 aliphatic rings. The molecule has 0 aliphatic heterocycles. The van der Waals surface area contributed by atoms with E-state index in [1.165, 1.54) is 0 Å². The van der Waals surface area contributed by atoms with Gasteiger partial charge in [-0.05, 0) is 0 Å². The summed E-state index contributed by atoms with van der Waals surface area (Å²) in [4.78, 5) is 0. The third-order valence-electron chi connectivity index (χ3n) is 0.0772. The fraction of sp³-hybridized carbons (Fsp3) is 1.00. The number of hydrogen-bond donors (Lipinski definition) is 0. The van der Waals surface area contributed by atoms with Crippen molar-refractivity contribution in [3.63, 3.8) is 0 Å². The van der Waals surface area contributed by atoms with Crippen LogP contribution in [0.25, 0.3) is 0 Å². The molecule has 4 heavy (non-hydrogen) atoms. The molecule has 3 heteroatoms. The van der Waals surface area contributed by atoms with E-state index in [2.05, 4.69) is 3.73 Å². The number of hydrogen-bond acceptors (Lipinski definition) is 1. The molecule has 0 saturated heterocycles. The van der Waals surface area contributed by atoms with E-state index in [1.54, 1.807) is 7.11 Å². The quantitative estimate of drug-likeness (QED) is 0.473. The maximum absolute atomic E-state index is 5.09. The third-order valence-corrected chi connectivity index (χ3v) is 1.20. The van der Waals surface area contributed by atoms with E-state index < -0.39 is 15.2 Å². The zero-order chi connectivity index (χ0) is 3.41. The van der Waals surface area contributed by atoms with E-state index in [4.69, 9.17) is 9.95 Å². The molecule has 0 aliphatic carbocycles. The van der Waals surface area contributed by atoms with E-state index in [-0.39, 0.29) is 0 Å². The molecule has 0 aromatic rings. The van der Waals surface area contributed by atoms with Gasteiger partial charge >= 0.3 is 35.9 Å². The number of halogens is 1. The van der Waals surface area contributed by atoms with Gasteiger partial charge in [-0.25, -0.2) is 0 Å². The van der Waals surface area contributed by atoms with Crippen LogP contribution in [0.15, 0.2) is 0 Å². The Morgan fingerprint density at radius 2 is 2.25 bits per heavy atom. The Kier molecular flexibility index (Phi) is 4.58. The molecule has 0 amide bonds. The molecule has 26 valence electrons. The van der Waals surface area contributed by atoms with Gasteiger partial charge in [-0.1, -0.05) is 0 Å². The van der Waals surface area contributed by atoms with Crippen LogP contribution in [0.4, 0.5) is 0 Å². The van der Waals surface area contributed by atoms with Gasteiger partial charge in [0.25, 0.3) is 0 Å². The van der Waals surface area contributed by atoms with Crippen molar-refractivity contribution in [3.8, 4) is 0 Å². The van der Waals surface area contributed by atoms with Gasteiger partial charge in [0.1, 0.15) is 0 Å². The summed E-state index contributed by atoms with van der Waals surface area (Å²) < 4.78 is 4.43. The van der Waals surface area contributed by atoms with Crippen molar-refractivity contribution in [1.29, 1.82) is 0 Å². The molecule has 1 atom stereocenters. The Bertz CT molecular complexity index is 10.0. The van der Waals surface area contributed by atoms with Crippen molar-refractivity contribution in [2.75, 3.05) is 7.11 Å². The van der Waals surface area contributed by atoms with Crippen LogP contribution in [0.2, 0.25) is 0 Å². The Balaban J connectivity index is 1.97. The van der Waals surface area contributed by atoms with Crippen LogP contribution in [0.1, 0.15) is 0 Å². The molecule has 0 heterocycles. The molecule has 0 aromatic carbocycles. The Labute approximate surface area is 36.5 Å². The molecule has 0 aromatic heterocycles. The number of rotatable bonds is 1. The molecular formula is CH4AsClO. The minimum atomic E-state index is -0.514. The SMILES string of the molecule is CO[AsH]Cl. The standard InChI is InChI=1S/CH4AsClO/c1-4-2-3/h2H,1H3. The van der Waals surface area contributed by atoms with E-state index in [0.29, 0.717) is 0 Å². The van der Waals surface area contributed by atoms with E-state index in [0.717, 1.165) is 0 Å². The zero-order valence-corrected chi connectivity index (χ0v) is 5.14. The van der Waals surface area contributed by atoms with Crippen molar-refractivity contribution >= 4 is 25.1 Å². The first-order valence-corrected chi connectivity index (χ1v) is 4.41. The summed E-state index contributed by atoms with van der Waals surface area (Å²) in [5.41, 5.74) is 0. The topological polar surface area (TPSA) is 9.23 Å². The van der Waals surface area contributed by atoms with Gasteiger partial charge in [-0.3, -0.25) is 0 Å². The molecule has 0 radical (unpaired) electrons. The molecule has 0 bridgehead atoms. The van der Waals surface area contributed by atoms with Crippen LogP contribution in [-0.2, 0) is 3.73 Å². The maximum atomic E-state index is 5.09. The molecule has 0 spiro atoms.